The van der Waals surface area contributed by atoms with E-state index in [0.29, 0.717) is 0 Å². The molecule has 0 amide bonds. The molecule has 1 unspecified atom stereocenters. The summed E-state index contributed by atoms with van der Waals surface area (Å²) in [4.78, 5) is 0. The SMILES string of the molecule is CC(F)(CS(=O)(=O)Cl)C(F)(F)C(F)(F)F. The van der Waals surface area contributed by atoms with Crippen LogP contribution in [0.15, 0.2) is 0 Å². The molecule has 0 saturated carbocycles. The lowest BCUT2D eigenvalue weighted by atomic mass is 10.0. The van der Waals surface area contributed by atoms with Crippen molar-refractivity contribution in [2.45, 2.75) is 24.7 Å². The van der Waals surface area contributed by atoms with Gasteiger partial charge in [-0.05, 0) is 6.92 Å². The Balaban J connectivity index is 5.21. The number of rotatable bonds is 3. The van der Waals surface area contributed by atoms with Gasteiger partial charge in [0.1, 0.15) is 5.75 Å². The molecule has 0 aliphatic heterocycles. The van der Waals surface area contributed by atoms with Gasteiger partial charge in [-0.3, -0.25) is 0 Å². The molecular weight excluding hydrogens is 274 g/mol. The average Bonchev–Trinajstić information content (AvgIpc) is 1.77. The number of alkyl halides is 6. The Morgan fingerprint density at radius 1 is 1.07 bits per heavy atom. The molecule has 0 saturated heterocycles. The fourth-order valence-electron chi connectivity index (χ4n) is 0.710. The first-order valence-corrected chi connectivity index (χ1v) is 5.74. The first-order chi connectivity index (χ1) is 6.21. The normalized spacial score (nSPS) is 18.7. The van der Waals surface area contributed by atoms with Gasteiger partial charge in [0.15, 0.2) is 5.67 Å². The molecule has 0 aromatic carbocycles. The maximum atomic E-state index is 12.9. The van der Waals surface area contributed by atoms with Crippen LogP contribution in [-0.2, 0) is 9.05 Å². The summed E-state index contributed by atoms with van der Waals surface area (Å²) in [5.41, 5.74) is -4.31. The summed E-state index contributed by atoms with van der Waals surface area (Å²) >= 11 is 0. The average molecular weight is 279 g/mol. The molecule has 2 nitrogen and oxygen atoms in total. The van der Waals surface area contributed by atoms with Crippen LogP contribution in [0.5, 0.6) is 0 Å². The van der Waals surface area contributed by atoms with E-state index in [1.165, 1.54) is 0 Å². The highest BCUT2D eigenvalue weighted by molar-refractivity contribution is 8.13. The largest absolute Gasteiger partial charge is 0.456 e. The first kappa shape index (κ1) is 14.8. The summed E-state index contributed by atoms with van der Waals surface area (Å²) in [5, 5.41) is 0. The molecule has 92 valence electrons. The van der Waals surface area contributed by atoms with Crippen LogP contribution >= 0.6 is 10.7 Å². The second kappa shape index (κ2) is 3.69. The van der Waals surface area contributed by atoms with Crippen LogP contribution in [0.4, 0.5) is 26.3 Å². The van der Waals surface area contributed by atoms with Crippen LogP contribution in [-0.4, -0.2) is 31.9 Å². The zero-order valence-corrected chi connectivity index (χ0v) is 8.65. The summed E-state index contributed by atoms with van der Waals surface area (Å²) in [7, 11) is -0.403. The number of halogens is 7. The van der Waals surface area contributed by atoms with Gasteiger partial charge in [0.2, 0.25) is 9.05 Å². The zero-order valence-electron chi connectivity index (χ0n) is 7.08. The molecule has 0 fully saturated rings. The van der Waals surface area contributed by atoms with Crippen molar-refractivity contribution in [1.82, 2.24) is 0 Å². The molecule has 0 bridgehead atoms. The van der Waals surface area contributed by atoms with Gasteiger partial charge < -0.3 is 0 Å². The minimum Gasteiger partial charge on any atom is -0.236 e. The van der Waals surface area contributed by atoms with Gasteiger partial charge in [-0.15, -0.1) is 0 Å². The van der Waals surface area contributed by atoms with Gasteiger partial charge >= 0.3 is 12.1 Å². The topological polar surface area (TPSA) is 34.1 Å². The molecule has 0 radical (unpaired) electrons. The van der Waals surface area contributed by atoms with Crippen LogP contribution in [0, 0.1) is 0 Å². The minimum atomic E-state index is -6.18. The lowest BCUT2D eigenvalue weighted by Gasteiger charge is -2.30. The Labute approximate surface area is 85.6 Å². The summed E-state index contributed by atoms with van der Waals surface area (Å²) in [6.07, 6.45) is -6.18. The van der Waals surface area contributed by atoms with E-state index in [2.05, 4.69) is 10.7 Å². The Bertz CT molecular complexity index is 332. The van der Waals surface area contributed by atoms with E-state index in [4.69, 9.17) is 0 Å². The quantitative estimate of drug-likeness (QED) is 0.587. The van der Waals surface area contributed by atoms with Crippen molar-refractivity contribution in [2.75, 3.05) is 5.75 Å². The molecule has 10 heteroatoms. The monoisotopic (exact) mass is 278 g/mol. The van der Waals surface area contributed by atoms with Crippen molar-refractivity contribution in [2.24, 2.45) is 0 Å². The van der Waals surface area contributed by atoms with Gasteiger partial charge in [-0.25, -0.2) is 12.8 Å². The second-order valence-corrected chi connectivity index (χ2v) is 5.73. The highest BCUT2D eigenvalue weighted by Gasteiger charge is 2.70. The number of hydrogen-bond donors (Lipinski definition) is 0. The predicted molar refractivity (Wildman–Crippen MR) is 40.2 cm³/mol. The molecule has 0 aliphatic rings. The Kier molecular flexibility index (Phi) is 3.64. The van der Waals surface area contributed by atoms with Gasteiger partial charge in [-0.1, -0.05) is 0 Å². The fourth-order valence-corrected chi connectivity index (χ4v) is 2.15. The molecule has 1 atom stereocenters. The number of hydrogen-bond acceptors (Lipinski definition) is 2. The third kappa shape index (κ3) is 3.40. The maximum absolute atomic E-state index is 12.9. The molecule has 0 N–H and O–H groups in total. The molecule has 0 heterocycles. The smallest absolute Gasteiger partial charge is 0.236 e. The van der Waals surface area contributed by atoms with Crippen LogP contribution in [0.3, 0.4) is 0 Å². The zero-order chi connectivity index (χ0) is 12.7. The van der Waals surface area contributed by atoms with Crippen molar-refractivity contribution >= 4 is 19.7 Å². The second-order valence-electron chi connectivity index (χ2n) is 2.95. The van der Waals surface area contributed by atoms with E-state index in [-0.39, 0.29) is 6.92 Å². The Morgan fingerprint density at radius 2 is 1.40 bits per heavy atom. The first-order valence-electron chi connectivity index (χ1n) is 3.26. The molecule has 0 rings (SSSR count). The molecular formula is C5H5ClF6O2S. The van der Waals surface area contributed by atoms with Gasteiger partial charge in [0, 0.05) is 10.7 Å². The highest BCUT2D eigenvalue weighted by atomic mass is 35.7. The van der Waals surface area contributed by atoms with E-state index in [1.54, 1.807) is 0 Å². The van der Waals surface area contributed by atoms with E-state index >= 15 is 0 Å². The van der Waals surface area contributed by atoms with E-state index < -0.39 is 32.6 Å². The third-order valence-electron chi connectivity index (χ3n) is 1.45. The van der Waals surface area contributed by atoms with E-state index in [0.717, 1.165) is 0 Å². The maximum Gasteiger partial charge on any atom is 0.456 e. The van der Waals surface area contributed by atoms with Crippen molar-refractivity contribution < 1.29 is 34.8 Å². The van der Waals surface area contributed by atoms with Crippen LogP contribution in [0.1, 0.15) is 6.92 Å². The van der Waals surface area contributed by atoms with Gasteiger partial charge in [0.05, 0.1) is 0 Å². The molecule has 0 aromatic heterocycles. The third-order valence-corrected chi connectivity index (χ3v) is 2.67. The van der Waals surface area contributed by atoms with E-state index in [1.807, 2.05) is 0 Å². The Morgan fingerprint density at radius 3 is 1.60 bits per heavy atom. The van der Waals surface area contributed by atoms with Crippen LogP contribution in [0.2, 0.25) is 0 Å². The summed E-state index contributed by atoms with van der Waals surface area (Å²) in [5.74, 6) is -7.92. The standard InChI is InChI=1S/C5H5ClF6O2S/c1-3(7,2-15(6,13)14)4(8,9)5(10,11)12/h2H2,1H3. The fraction of sp³-hybridized carbons (Fsp3) is 1.00. The lowest BCUT2D eigenvalue weighted by molar-refractivity contribution is -0.320. The van der Waals surface area contributed by atoms with Crippen LogP contribution < -0.4 is 0 Å². The summed E-state index contributed by atoms with van der Waals surface area (Å²) < 4.78 is 93.3. The molecule has 0 aromatic rings. The predicted octanol–water partition coefficient (Wildman–Crippen LogP) is 2.48. The van der Waals surface area contributed by atoms with Crippen molar-refractivity contribution in [1.29, 1.82) is 0 Å². The minimum absolute atomic E-state index is 0.180. The Hall–Kier alpha value is -0.180. The molecule has 0 aliphatic carbocycles. The van der Waals surface area contributed by atoms with Crippen molar-refractivity contribution in [3.05, 3.63) is 0 Å². The summed E-state index contributed by atoms with van der Waals surface area (Å²) in [6.45, 7) is -0.180. The van der Waals surface area contributed by atoms with Gasteiger partial charge in [-0.2, -0.15) is 22.0 Å². The lowest BCUT2D eigenvalue weighted by Crippen LogP contribution is -2.55. The van der Waals surface area contributed by atoms with Gasteiger partial charge in [0.25, 0.3) is 0 Å². The molecule has 0 spiro atoms. The highest BCUT2D eigenvalue weighted by Crippen LogP contribution is 2.46. The van der Waals surface area contributed by atoms with E-state index in [9.17, 15) is 34.8 Å². The van der Waals surface area contributed by atoms with Crippen molar-refractivity contribution in [3.8, 4) is 0 Å². The van der Waals surface area contributed by atoms with Crippen molar-refractivity contribution in [3.63, 3.8) is 0 Å². The summed E-state index contributed by atoms with van der Waals surface area (Å²) in [6, 6.07) is 0. The van der Waals surface area contributed by atoms with Crippen LogP contribution in [0.25, 0.3) is 0 Å². The molecule has 15 heavy (non-hydrogen) atoms.